The van der Waals surface area contributed by atoms with Gasteiger partial charge in [-0.3, -0.25) is 0 Å². The molecular weight excluding hydrogens is 312 g/mol. The molecule has 0 radical (unpaired) electrons. The molecule has 0 aliphatic carbocycles. The highest BCUT2D eigenvalue weighted by molar-refractivity contribution is 9.10. The Labute approximate surface area is 117 Å². The van der Waals surface area contributed by atoms with Crippen LogP contribution in [0.25, 0.3) is 11.1 Å². The number of nitrogens with zero attached hydrogens (tertiary/aromatic N) is 1. The highest BCUT2D eigenvalue weighted by Gasteiger charge is 2.07. The predicted molar refractivity (Wildman–Crippen MR) is 76.7 cm³/mol. The van der Waals surface area contributed by atoms with E-state index in [0.29, 0.717) is 16.5 Å². The van der Waals surface area contributed by atoms with E-state index in [4.69, 9.17) is 10.2 Å². The molecule has 1 aromatic heterocycles. The normalized spacial score (nSPS) is 10.9. The molecule has 1 heterocycles. The molecule has 0 saturated heterocycles. The average Bonchev–Trinajstić information content (AvgIpc) is 2.70. The van der Waals surface area contributed by atoms with Crippen molar-refractivity contribution in [2.24, 2.45) is 0 Å². The fourth-order valence-corrected chi connectivity index (χ4v) is 2.96. The number of benzene rings is 2. The maximum absolute atomic E-state index is 5.70. The molecule has 90 valence electrons. The lowest BCUT2D eigenvalue weighted by atomic mass is 10.3. The van der Waals surface area contributed by atoms with Crippen molar-refractivity contribution in [1.82, 2.24) is 4.98 Å². The maximum atomic E-state index is 5.70. The van der Waals surface area contributed by atoms with Gasteiger partial charge < -0.3 is 10.2 Å². The number of hydrogen-bond acceptors (Lipinski definition) is 4. The first-order chi connectivity index (χ1) is 8.70. The fraction of sp³-hybridized carbons (Fsp3) is 0. The number of nitrogens with two attached hydrogens (primary N) is 1. The Bertz CT molecular complexity index is 711. The third-order valence-corrected chi connectivity index (χ3v) is 3.73. The molecule has 2 aromatic carbocycles. The highest BCUT2D eigenvalue weighted by atomic mass is 79.9. The van der Waals surface area contributed by atoms with Gasteiger partial charge in [0.15, 0.2) is 5.58 Å². The van der Waals surface area contributed by atoms with Crippen molar-refractivity contribution >= 4 is 44.5 Å². The smallest absolute Gasteiger partial charge is 0.261 e. The third-order valence-electron chi connectivity index (χ3n) is 2.39. The number of aromatic nitrogens is 1. The van der Waals surface area contributed by atoms with Crippen LogP contribution in [0, 0.1) is 0 Å². The van der Waals surface area contributed by atoms with Gasteiger partial charge in [-0.05, 0) is 42.1 Å². The van der Waals surface area contributed by atoms with Crippen molar-refractivity contribution in [2.45, 2.75) is 10.1 Å². The zero-order valence-electron chi connectivity index (χ0n) is 9.26. The van der Waals surface area contributed by atoms with Gasteiger partial charge in [-0.1, -0.05) is 22.0 Å². The summed E-state index contributed by atoms with van der Waals surface area (Å²) in [6, 6.07) is 13.5. The Balaban J connectivity index is 1.95. The molecule has 3 aromatic rings. The summed E-state index contributed by atoms with van der Waals surface area (Å²) < 4.78 is 6.68. The molecule has 0 atom stereocenters. The van der Waals surface area contributed by atoms with Crippen LogP contribution < -0.4 is 5.73 Å². The minimum absolute atomic E-state index is 0.619. The number of halogens is 1. The SMILES string of the molecule is Nc1ccc2nc(Sc3cccc(Br)c3)oc2c1. The Morgan fingerprint density at radius 1 is 1.17 bits per heavy atom. The van der Waals surface area contributed by atoms with Crippen LogP contribution in [0.1, 0.15) is 0 Å². The first-order valence-corrected chi connectivity index (χ1v) is 6.91. The van der Waals surface area contributed by atoms with Crippen LogP contribution in [0.2, 0.25) is 0 Å². The molecule has 0 amide bonds. The van der Waals surface area contributed by atoms with E-state index in [2.05, 4.69) is 20.9 Å². The van der Waals surface area contributed by atoms with Crippen LogP contribution in [-0.2, 0) is 0 Å². The lowest BCUT2D eigenvalue weighted by molar-refractivity contribution is 0.489. The van der Waals surface area contributed by atoms with Gasteiger partial charge in [-0.25, -0.2) is 4.98 Å². The number of hydrogen-bond donors (Lipinski definition) is 1. The molecule has 0 saturated carbocycles. The summed E-state index contributed by atoms with van der Waals surface area (Å²) in [5, 5.41) is 0.619. The summed E-state index contributed by atoms with van der Waals surface area (Å²) in [5.41, 5.74) is 7.92. The summed E-state index contributed by atoms with van der Waals surface area (Å²) in [7, 11) is 0. The number of rotatable bonds is 2. The molecule has 0 bridgehead atoms. The van der Waals surface area contributed by atoms with E-state index in [0.717, 1.165) is 14.9 Å². The predicted octanol–water partition coefficient (Wildman–Crippen LogP) is 4.32. The first-order valence-electron chi connectivity index (χ1n) is 5.30. The highest BCUT2D eigenvalue weighted by Crippen LogP contribution is 2.31. The number of oxazole rings is 1. The third kappa shape index (κ3) is 2.37. The van der Waals surface area contributed by atoms with Crippen molar-refractivity contribution in [1.29, 1.82) is 0 Å². The Morgan fingerprint density at radius 3 is 2.89 bits per heavy atom. The summed E-state index contributed by atoms with van der Waals surface area (Å²) in [4.78, 5) is 5.48. The summed E-state index contributed by atoms with van der Waals surface area (Å²) in [5.74, 6) is 0. The fourth-order valence-electron chi connectivity index (χ4n) is 1.60. The van der Waals surface area contributed by atoms with E-state index < -0.39 is 0 Å². The Morgan fingerprint density at radius 2 is 2.06 bits per heavy atom. The molecule has 3 nitrogen and oxygen atoms in total. The lowest BCUT2D eigenvalue weighted by Crippen LogP contribution is -1.81. The van der Waals surface area contributed by atoms with E-state index in [9.17, 15) is 0 Å². The van der Waals surface area contributed by atoms with Gasteiger partial charge in [0.05, 0.1) is 0 Å². The molecule has 0 aliphatic heterocycles. The second kappa shape index (κ2) is 4.66. The summed E-state index contributed by atoms with van der Waals surface area (Å²) in [6.45, 7) is 0. The van der Waals surface area contributed by atoms with E-state index >= 15 is 0 Å². The standard InChI is InChI=1S/C13H9BrN2OS/c14-8-2-1-3-10(6-8)18-13-16-11-5-4-9(15)7-12(11)17-13/h1-7H,15H2. The van der Waals surface area contributed by atoms with Crippen LogP contribution >= 0.6 is 27.7 Å². The quantitative estimate of drug-likeness (QED) is 0.714. The van der Waals surface area contributed by atoms with Gasteiger partial charge in [-0.2, -0.15) is 0 Å². The van der Waals surface area contributed by atoms with Gasteiger partial charge in [0.2, 0.25) is 0 Å². The zero-order chi connectivity index (χ0) is 12.5. The zero-order valence-corrected chi connectivity index (χ0v) is 11.7. The van der Waals surface area contributed by atoms with E-state index in [1.165, 1.54) is 11.8 Å². The van der Waals surface area contributed by atoms with Crippen molar-refractivity contribution in [3.63, 3.8) is 0 Å². The van der Waals surface area contributed by atoms with Crippen LogP contribution in [-0.4, -0.2) is 4.98 Å². The van der Waals surface area contributed by atoms with E-state index in [1.54, 1.807) is 6.07 Å². The van der Waals surface area contributed by atoms with Crippen LogP contribution in [0.15, 0.2) is 61.5 Å². The van der Waals surface area contributed by atoms with E-state index in [-0.39, 0.29) is 0 Å². The number of anilines is 1. The number of nitrogen functional groups attached to an aromatic ring is 1. The summed E-state index contributed by atoms with van der Waals surface area (Å²) in [6.07, 6.45) is 0. The topological polar surface area (TPSA) is 52.0 Å². The van der Waals surface area contributed by atoms with Gasteiger partial charge in [0.1, 0.15) is 5.52 Å². The van der Waals surface area contributed by atoms with Crippen molar-refractivity contribution < 1.29 is 4.42 Å². The second-order valence-corrected chi connectivity index (χ2v) is 5.71. The Hall–Kier alpha value is -1.46. The minimum Gasteiger partial charge on any atom is -0.431 e. The van der Waals surface area contributed by atoms with Gasteiger partial charge in [0.25, 0.3) is 5.22 Å². The maximum Gasteiger partial charge on any atom is 0.261 e. The largest absolute Gasteiger partial charge is 0.431 e. The number of fused-ring (bicyclic) bond motifs is 1. The first kappa shape index (κ1) is 11.6. The van der Waals surface area contributed by atoms with Gasteiger partial charge >= 0.3 is 0 Å². The van der Waals surface area contributed by atoms with Crippen molar-refractivity contribution in [2.75, 3.05) is 5.73 Å². The molecule has 18 heavy (non-hydrogen) atoms. The van der Waals surface area contributed by atoms with Gasteiger partial charge in [-0.15, -0.1) is 0 Å². The monoisotopic (exact) mass is 320 g/mol. The van der Waals surface area contributed by atoms with Crippen molar-refractivity contribution in [3.8, 4) is 0 Å². The average molecular weight is 321 g/mol. The molecule has 5 heteroatoms. The minimum atomic E-state index is 0.619. The molecule has 0 spiro atoms. The molecule has 0 fully saturated rings. The van der Waals surface area contributed by atoms with Gasteiger partial charge in [0, 0.05) is 21.1 Å². The van der Waals surface area contributed by atoms with E-state index in [1.807, 2.05) is 36.4 Å². The molecule has 3 rings (SSSR count). The summed E-state index contributed by atoms with van der Waals surface area (Å²) >= 11 is 4.92. The lowest BCUT2D eigenvalue weighted by Gasteiger charge is -1.96. The van der Waals surface area contributed by atoms with Crippen molar-refractivity contribution in [3.05, 3.63) is 46.9 Å². The van der Waals surface area contributed by atoms with Crippen LogP contribution in [0.5, 0.6) is 0 Å². The van der Waals surface area contributed by atoms with Crippen LogP contribution in [0.4, 0.5) is 5.69 Å². The second-order valence-electron chi connectivity index (χ2n) is 3.77. The Kier molecular flexibility index (Phi) is 3.01. The van der Waals surface area contributed by atoms with Crippen LogP contribution in [0.3, 0.4) is 0 Å². The molecule has 2 N–H and O–H groups in total. The molecule has 0 unspecified atom stereocenters. The molecular formula is C13H9BrN2OS. The molecule has 0 aliphatic rings.